The first-order valence-corrected chi connectivity index (χ1v) is 7.21. The summed E-state index contributed by atoms with van der Waals surface area (Å²) in [4.78, 5) is 0.0417. The molecule has 2 aromatic carbocycles. The van der Waals surface area contributed by atoms with Crippen LogP contribution in [0.3, 0.4) is 0 Å². The van der Waals surface area contributed by atoms with Crippen LogP contribution in [0.2, 0.25) is 0 Å². The standard InChI is InChI=1S/C13H13N3O3S/c14-20(18,19)13-6-4-11(5-7-13)16-15-9-10-2-1-3-12(17)8-10/h1-9,16-17H,(H2,14,18,19)/b15-9+. The molecule has 0 atom stereocenters. The predicted octanol–water partition coefficient (Wildman–Crippen LogP) is 1.49. The molecule has 104 valence electrons. The van der Waals surface area contributed by atoms with Crippen LogP contribution in [0.15, 0.2) is 58.5 Å². The number of nitrogens with two attached hydrogens (primary N) is 1. The Morgan fingerprint density at radius 1 is 1.15 bits per heavy atom. The first kappa shape index (κ1) is 14.0. The number of primary sulfonamides is 1. The molecule has 0 bridgehead atoms. The summed E-state index contributed by atoms with van der Waals surface area (Å²) < 4.78 is 22.2. The monoisotopic (exact) mass is 291 g/mol. The Bertz CT molecular complexity index is 725. The SMILES string of the molecule is NS(=O)(=O)c1ccc(N/N=C/c2cccc(O)c2)cc1. The summed E-state index contributed by atoms with van der Waals surface area (Å²) in [5, 5.41) is 18.3. The molecule has 0 spiro atoms. The lowest BCUT2D eigenvalue weighted by atomic mass is 10.2. The summed E-state index contributed by atoms with van der Waals surface area (Å²) >= 11 is 0. The maximum absolute atomic E-state index is 11.1. The molecule has 0 saturated carbocycles. The Balaban J connectivity index is 2.04. The number of anilines is 1. The number of phenolic OH excluding ortho intramolecular Hbond substituents is 1. The number of phenols is 1. The van der Waals surface area contributed by atoms with Crippen molar-refractivity contribution in [2.75, 3.05) is 5.43 Å². The quantitative estimate of drug-likeness (QED) is 0.586. The third kappa shape index (κ3) is 3.81. The van der Waals surface area contributed by atoms with E-state index < -0.39 is 10.0 Å². The summed E-state index contributed by atoms with van der Waals surface area (Å²) in [5.41, 5.74) is 4.10. The van der Waals surface area contributed by atoms with Gasteiger partial charge >= 0.3 is 0 Å². The fourth-order valence-electron chi connectivity index (χ4n) is 1.51. The second-order valence-electron chi connectivity index (χ2n) is 4.03. The van der Waals surface area contributed by atoms with Crippen molar-refractivity contribution in [1.82, 2.24) is 0 Å². The molecular formula is C13H13N3O3S. The lowest BCUT2D eigenvalue weighted by Gasteiger charge is -2.02. The molecule has 0 saturated heterocycles. The van der Waals surface area contributed by atoms with E-state index in [-0.39, 0.29) is 10.6 Å². The molecule has 20 heavy (non-hydrogen) atoms. The van der Waals surface area contributed by atoms with Gasteiger partial charge in [0.2, 0.25) is 10.0 Å². The number of benzene rings is 2. The van der Waals surface area contributed by atoms with E-state index in [1.165, 1.54) is 18.3 Å². The molecule has 0 aliphatic rings. The fourth-order valence-corrected chi connectivity index (χ4v) is 2.02. The molecule has 0 amide bonds. The Morgan fingerprint density at radius 3 is 2.45 bits per heavy atom. The van der Waals surface area contributed by atoms with Gasteiger partial charge in [-0.2, -0.15) is 5.10 Å². The van der Waals surface area contributed by atoms with Crippen molar-refractivity contribution < 1.29 is 13.5 Å². The molecule has 0 aliphatic heterocycles. The van der Waals surface area contributed by atoms with E-state index >= 15 is 0 Å². The molecule has 2 rings (SSSR count). The van der Waals surface area contributed by atoms with Crippen LogP contribution in [0.4, 0.5) is 5.69 Å². The van der Waals surface area contributed by atoms with E-state index in [0.29, 0.717) is 5.69 Å². The first-order chi connectivity index (χ1) is 9.45. The van der Waals surface area contributed by atoms with Crippen molar-refractivity contribution in [2.24, 2.45) is 10.2 Å². The van der Waals surface area contributed by atoms with Gasteiger partial charge in [-0.05, 0) is 42.0 Å². The van der Waals surface area contributed by atoms with Crippen LogP contribution in [0.25, 0.3) is 0 Å². The van der Waals surface area contributed by atoms with Crippen LogP contribution in [0.5, 0.6) is 5.75 Å². The van der Waals surface area contributed by atoms with Crippen molar-refractivity contribution in [2.45, 2.75) is 4.90 Å². The zero-order chi connectivity index (χ0) is 14.6. The lowest BCUT2D eigenvalue weighted by molar-refractivity contribution is 0.475. The van der Waals surface area contributed by atoms with Crippen molar-refractivity contribution in [1.29, 1.82) is 0 Å². The zero-order valence-electron chi connectivity index (χ0n) is 10.4. The molecule has 6 nitrogen and oxygen atoms in total. The number of sulfonamides is 1. The largest absolute Gasteiger partial charge is 0.508 e. The van der Waals surface area contributed by atoms with E-state index in [0.717, 1.165) is 5.56 Å². The third-order valence-corrected chi connectivity index (χ3v) is 3.39. The topological polar surface area (TPSA) is 105 Å². The Kier molecular flexibility index (Phi) is 4.02. The number of hydrazone groups is 1. The number of rotatable bonds is 4. The van der Waals surface area contributed by atoms with Gasteiger partial charge in [-0.15, -0.1) is 0 Å². The Labute approximate surface area is 116 Å². The van der Waals surface area contributed by atoms with E-state index in [1.807, 2.05) is 0 Å². The highest BCUT2D eigenvalue weighted by molar-refractivity contribution is 7.89. The van der Waals surface area contributed by atoms with Gasteiger partial charge < -0.3 is 5.11 Å². The van der Waals surface area contributed by atoms with Crippen molar-refractivity contribution in [3.05, 3.63) is 54.1 Å². The molecule has 4 N–H and O–H groups in total. The second kappa shape index (κ2) is 5.72. The molecular weight excluding hydrogens is 278 g/mol. The smallest absolute Gasteiger partial charge is 0.238 e. The summed E-state index contributed by atoms with van der Waals surface area (Å²) in [6.45, 7) is 0. The van der Waals surface area contributed by atoms with Crippen LogP contribution >= 0.6 is 0 Å². The van der Waals surface area contributed by atoms with Crippen LogP contribution in [0, 0.1) is 0 Å². The molecule has 2 aromatic rings. The number of hydrogen-bond donors (Lipinski definition) is 3. The van der Waals surface area contributed by atoms with E-state index in [4.69, 9.17) is 5.14 Å². The minimum atomic E-state index is -3.68. The van der Waals surface area contributed by atoms with Crippen molar-refractivity contribution in [3.8, 4) is 5.75 Å². The number of hydrogen-bond acceptors (Lipinski definition) is 5. The predicted molar refractivity (Wildman–Crippen MR) is 77.1 cm³/mol. The highest BCUT2D eigenvalue weighted by Crippen LogP contribution is 2.13. The Morgan fingerprint density at radius 2 is 1.85 bits per heavy atom. The zero-order valence-corrected chi connectivity index (χ0v) is 11.2. The average molecular weight is 291 g/mol. The molecule has 0 unspecified atom stereocenters. The maximum atomic E-state index is 11.1. The summed E-state index contributed by atoms with van der Waals surface area (Å²) in [6.07, 6.45) is 1.54. The fraction of sp³-hybridized carbons (Fsp3) is 0. The van der Waals surface area contributed by atoms with E-state index in [2.05, 4.69) is 10.5 Å². The van der Waals surface area contributed by atoms with Gasteiger partial charge in [0.05, 0.1) is 16.8 Å². The van der Waals surface area contributed by atoms with Crippen molar-refractivity contribution in [3.63, 3.8) is 0 Å². The average Bonchev–Trinajstić information content (AvgIpc) is 2.38. The normalized spacial score (nSPS) is 11.7. The highest BCUT2D eigenvalue weighted by Gasteiger charge is 2.05. The summed E-state index contributed by atoms with van der Waals surface area (Å²) in [6, 6.07) is 12.5. The first-order valence-electron chi connectivity index (χ1n) is 5.66. The lowest BCUT2D eigenvalue weighted by Crippen LogP contribution is -2.11. The summed E-state index contributed by atoms with van der Waals surface area (Å²) in [7, 11) is -3.68. The van der Waals surface area contributed by atoms with Crippen LogP contribution in [-0.2, 0) is 10.0 Å². The number of nitrogens with zero attached hydrogens (tertiary/aromatic N) is 1. The van der Waals surface area contributed by atoms with E-state index in [9.17, 15) is 13.5 Å². The molecule has 0 radical (unpaired) electrons. The molecule has 0 aliphatic carbocycles. The minimum absolute atomic E-state index is 0.0417. The number of nitrogens with one attached hydrogen (secondary N) is 1. The second-order valence-corrected chi connectivity index (χ2v) is 5.60. The maximum Gasteiger partial charge on any atom is 0.238 e. The Hall–Kier alpha value is -2.38. The minimum Gasteiger partial charge on any atom is -0.508 e. The van der Waals surface area contributed by atoms with Gasteiger partial charge in [0.1, 0.15) is 5.75 Å². The third-order valence-electron chi connectivity index (χ3n) is 2.46. The number of aromatic hydroxyl groups is 1. The van der Waals surface area contributed by atoms with Crippen LogP contribution in [0.1, 0.15) is 5.56 Å². The summed E-state index contributed by atoms with van der Waals surface area (Å²) in [5.74, 6) is 0.159. The molecule has 7 heteroatoms. The molecule has 0 aromatic heterocycles. The van der Waals surface area contributed by atoms with Crippen LogP contribution in [-0.4, -0.2) is 19.7 Å². The van der Waals surface area contributed by atoms with Gasteiger partial charge in [0.25, 0.3) is 0 Å². The molecule has 0 heterocycles. The molecule has 0 fully saturated rings. The highest BCUT2D eigenvalue weighted by atomic mass is 32.2. The van der Waals surface area contributed by atoms with Crippen LogP contribution < -0.4 is 10.6 Å². The van der Waals surface area contributed by atoms with Crippen molar-refractivity contribution >= 4 is 21.9 Å². The van der Waals surface area contributed by atoms with Gasteiger partial charge in [-0.25, -0.2) is 13.6 Å². The van der Waals surface area contributed by atoms with Gasteiger partial charge in [0, 0.05) is 0 Å². The van der Waals surface area contributed by atoms with E-state index in [1.54, 1.807) is 36.4 Å². The van der Waals surface area contributed by atoms with Gasteiger partial charge in [-0.1, -0.05) is 12.1 Å². The van der Waals surface area contributed by atoms with Gasteiger partial charge in [-0.3, -0.25) is 5.43 Å². The van der Waals surface area contributed by atoms with Gasteiger partial charge in [0.15, 0.2) is 0 Å².